The molecule has 2 heterocycles. The zero-order valence-corrected chi connectivity index (χ0v) is 15.4. The molecule has 2 aliphatic carbocycles. The molecule has 0 spiro atoms. The Labute approximate surface area is 153 Å². The van der Waals surface area contributed by atoms with Crippen LogP contribution in [-0.4, -0.2) is 47.1 Å². The maximum Gasteiger partial charge on any atom is 0.313 e. The summed E-state index contributed by atoms with van der Waals surface area (Å²) in [4.78, 5) is 26.7. The molecule has 2 bridgehead atoms. The van der Waals surface area contributed by atoms with E-state index in [-0.39, 0.29) is 30.2 Å². The number of hydrogen-bond donors (Lipinski definition) is 0. The van der Waals surface area contributed by atoms with E-state index in [1.54, 1.807) is 0 Å². The molecule has 4 aliphatic rings. The van der Waals surface area contributed by atoms with Gasteiger partial charge in [-0.05, 0) is 58.4 Å². The minimum atomic E-state index is -0.986. The van der Waals surface area contributed by atoms with Gasteiger partial charge in [0.25, 0.3) is 0 Å². The predicted octanol–water partition coefficient (Wildman–Crippen LogP) is 3.01. The number of carbonyl (C=O) groups is 2. The fraction of sp³-hybridized carbons (Fsp3) is 0.789. The number of fused-ring (bicyclic) bond motifs is 2. The molecule has 1 saturated heterocycles. The Morgan fingerprint density at radius 2 is 1.52 bits per heavy atom. The topological polar surface area (TPSA) is 55.8 Å². The Morgan fingerprint density at radius 3 is 2.08 bits per heavy atom. The highest BCUT2D eigenvalue weighted by molar-refractivity contribution is 6.27. The van der Waals surface area contributed by atoms with Crippen LogP contribution in [0.4, 0.5) is 0 Å². The highest BCUT2D eigenvalue weighted by Crippen LogP contribution is 2.52. The van der Waals surface area contributed by atoms with Crippen molar-refractivity contribution >= 4 is 23.5 Å². The molecule has 0 radical (unpaired) electrons. The van der Waals surface area contributed by atoms with Gasteiger partial charge in [0.2, 0.25) is 0 Å². The molecule has 4 atom stereocenters. The van der Waals surface area contributed by atoms with Crippen molar-refractivity contribution in [1.82, 2.24) is 4.90 Å². The minimum Gasteiger partial charge on any atom is -0.462 e. The average molecular weight is 368 g/mol. The van der Waals surface area contributed by atoms with Crippen molar-refractivity contribution in [2.45, 2.75) is 74.6 Å². The molecule has 3 fully saturated rings. The van der Waals surface area contributed by atoms with Crippen molar-refractivity contribution in [3.8, 4) is 0 Å². The van der Waals surface area contributed by atoms with Gasteiger partial charge in [-0.1, -0.05) is 23.8 Å². The third-order valence-corrected chi connectivity index (χ3v) is 7.00. The van der Waals surface area contributed by atoms with Crippen molar-refractivity contribution in [1.29, 1.82) is 0 Å². The summed E-state index contributed by atoms with van der Waals surface area (Å²) in [5, 5.41) is 0. The summed E-state index contributed by atoms with van der Waals surface area (Å²) in [6.07, 6.45) is 11.7. The quantitative estimate of drug-likeness (QED) is 0.331. The molecule has 2 saturated carbocycles. The van der Waals surface area contributed by atoms with E-state index < -0.39 is 16.8 Å². The third-order valence-electron chi connectivity index (χ3n) is 6.37. The van der Waals surface area contributed by atoms with Crippen LogP contribution in [0.1, 0.15) is 51.4 Å². The van der Waals surface area contributed by atoms with E-state index in [9.17, 15) is 9.59 Å². The molecule has 6 heteroatoms. The number of likely N-dealkylation sites (N-methyl/N-ethyl adjacent to an activating group) is 1. The molecule has 138 valence electrons. The van der Waals surface area contributed by atoms with Gasteiger partial charge in [0.1, 0.15) is 23.1 Å². The lowest BCUT2D eigenvalue weighted by molar-refractivity contribution is -0.165. The normalized spacial score (nSPS) is 38.6. The average Bonchev–Trinajstić information content (AvgIpc) is 3.34. The maximum absolute atomic E-state index is 12.9. The molecular formula is C19H26ClNO4. The molecular weight excluding hydrogens is 342 g/mol. The molecule has 5 nitrogen and oxygen atoms in total. The smallest absolute Gasteiger partial charge is 0.313 e. The summed E-state index contributed by atoms with van der Waals surface area (Å²) in [5.41, 5.74) is 0. The number of halogens is 1. The van der Waals surface area contributed by atoms with Gasteiger partial charge in [0.15, 0.2) is 0 Å². The molecule has 25 heavy (non-hydrogen) atoms. The van der Waals surface area contributed by atoms with E-state index in [1.807, 2.05) is 24.1 Å². The van der Waals surface area contributed by atoms with Gasteiger partial charge >= 0.3 is 11.9 Å². The van der Waals surface area contributed by atoms with Gasteiger partial charge in [0.05, 0.1) is 5.92 Å². The van der Waals surface area contributed by atoms with Crippen LogP contribution in [-0.2, 0) is 19.1 Å². The molecule has 0 amide bonds. The number of ether oxygens (including phenoxy) is 2. The van der Waals surface area contributed by atoms with Gasteiger partial charge in [-0.2, -0.15) is 0 Å². The van der Waals surface area contributed by atoms with Crippen LogP contribution < -0.4 is 0 Å². The van der Waals surface area contributed by atoms with Crippen LogP contribution in [0.25, 0.3) is 0 Å². The third kappa shape index (κ3) is 2.89. The molecule has 2 aliphatic heterocycles. The van der Waals surface area contributed by atoms with Gasteiger partial charge in [-0.25, -0.2) is 0 Å². The zero-order chi connectivity index (χ0) is 17.6. The van der Waals surface area contributed by atoms with Crippen molar-refractivity contribution in [2.24, 2.45) is 11.8 Å². The van der Waals surface area contributed by atoms with E-state index >= 15 is 0 Å². The lowest BCUT2D eigenvalue weighted by Crippen LogP contribution is -2.44. The first kappa shape index (κ1) is 17.3. The van der Waals surface area contributed by atoms with Gasteiger partial charge in [-0.3, -0.25) is 14.5 Å². The maximum atomic E-state index is 12.9. The number of rotatable bonds is 4. The van der Waals surface area contributed by atoms with Crippen LogP contribution in [0.3, 0.4) is 0 Å². The number of esters is 2. The van der Waals surface area contributed by atoms with Crippen molar-refractivity contribution in [3.63, 3.8) is 0 Å². The summed E-state index contributed by atoms with van der Waals surface area (Å²) < 4.78 is 11.4. The minimum absolute atomic E-state index is 0.0151. The Kier molecular flexibility index (Phi) is 4.57. The van der Waals surface area contributed by atoms with Crippen LogP contribution in [0, 0.1) is 11.8 Å². The Bertz CT molecular complexity index is 582. The first-order valence-corrected chi connectivity index (χ1v) is 9.90. The second-order valence-corrected chi connectivity index (χ2v) is 8.48. The van der Waals surface area contributed by atoms with Crippen LogP contribution in [0.5, 0.6) is 0 Å². The zero-order valence-electron chi connectivity index (χ0n) is 14.7. The Hall–Kier alpha value is -1.07. The molecule has 0 aromatic heterocycles. The second-order valence-electron chi connectivity index (χ2n) is 7.88. The van der Waals surface area contributed by atoms with E-state index in [0.29, 0.717) is 0 Å². The molecule has 4 rings (SSSR count). The van der Waals surface area contributed by atoms with Crippen LogP contribution >= 0.6 is 11.6 Å². The fourth-order valence-electron chi connectivity index (χ4n) is 4.92. The molecule has 0 N–H and O–H groups in total. The van der Waals surface area contributed by atoms with Gasteiger partial charge in [-0.15, -0.1) is 0 Å². The van der Waals surface area contributed by atoms with E-state index in [4.69, 9.17) is 21.1 Å². The standard InChI is InChI=1S/C19H26ClNO4/c1-21-14-10-11-19(21,20)16(18(23)25-13-8-4-5-9-13)15(14)17(22)24-12-6-2-3-7-12/h10-16H,2-9H2,1H3. The van der Waals surface area contributed by atoms with Gasteiger partial charge in [0, 0.05) is 6.04 Å². The van der Waals surface area contributed by atoms with E-state index in [1.165, 1.54) is 0 Å². The Balaban J connectivity index is 1.53. The Morgan fingerprint density at radius 1 is 1.00 bits per heavy atom. The summed E-state index contributed by atoms with van der Waals surface area (Å²) in [7, 11) is 1.86. The van der Waals surface area contributed by atoms with Gasteiger partial charge < -0.3 is 9.47 Å². The molecule has 0 aromatic rings. The fourth-order valence-corrected chi connectivity index (χ4v) is 5.33. The van der Waals surface area contributed by atoms with Crippen molar-refractivity contribution in [2.75, 3.05) is 7.05 Å². The number of carbonyl (C=O) groups excluding carboxylic acids is 2. The summed E-state index contributed by atoms with van der Waals surface area (Å²) >= 11 is 6.78. The molecule has 0 aromatic carbocycles. The van der Waals surface area contributed by atoms with E-state index in [0.717, 1.165) is 51.4 Å². The lowest BCUT2D eigenvalue weighted by atomic mass is 9.82. The SMILES string of the molecule is CN1C2C=CC1(Cl)C(C(=O)OC1CCCC1)C2C(=O)OC1CCCC1. The predicted molar refractivity (Wildman–Crippen MR) is 93.0 cm³/mol. The summed E-state index contributed by atoms with van der Waals surface area (Å²) in [6, 6.07) is -0.201. The number of hydrogen-bond acceptors (Lipinski definition) is 5. The summed E-state index contributed by atoms with van der Waals surface area (Å²) in [6.45, 7) is 0. The second kappa shape index (κ2) is 6.58. The van der Waals surface area contributed by atoms with Crippen molar-refractivity contribution in [3.05, 3.63) is 12.2 Å². The van der Waals surface area contributed by atoms with E-state index in [2.05, 4.69) is 0 Å². The first-order chi connectivity index (χ1) is 12.0. The highest BCUT2D eigenvalue weighted by atomic mass is 35.5. The molecule has 4 unspecified atom stereocenters. The highest BCUT2D eigenvalue weighted by Gasteiger charge is 2.64. The summed E-state index contributed by atoms with van der Waals surface area (Å²) in [5.74, 6) is -1.94. The number of nitrogens with zero attached hydrogens (tertiary/aromatic N) is 1. The largest absolute Gasteiger partial charge is 0.462 e. The lowest BCUT2D eigenvalue weighted by Gasteiger charge is -2.30. The number of alkyl halides is 1. The van der Waals surface area contributed by atoms with Crippen LogP contribution in [0.15, 0.2) is 12.2 Å². The van der Waals surface area contributed by atoms with Crippen LogP contribution in [0.2, 0.25) is 0 Å². The first-order valence-electron chi connectivity index (χ1n) is 9.53. The van der Waals surface area contributed by atoms with Crippen molar-refractivity contribution < 1.29 is 19.1 Å². The monoisotopic (exact) mass is 367 g/mol.